The molecule has 0 aromatic heterocycles. The number of nitrogens with one attached hydrogen (secondary N) is 3. The number of hydrogen-bond acceptors (Lipinski definition) is 2. The summed E-state index contributed by atoms with van der Waals surface area (Å²) in [6.45, 7) is 11.0. The molecule has 0 heterocycles. The predicted molar refractivity (Wildman–Crippen MR) is 76.7 cm³/mol. The van der Waals surface area contributed by atoms with Gasteiger partial charge >= 0.3 is 0 Å². The minimum Gasteiger partial charge on any atom is -0.357 e. The number of nitrogens with zero attached hydrogens (tertiary/aromatic N) is 1. The predicted octanol–water partition coefficient (Wildman–Crippen LogP) is 1.11. The van der Waals surface area contributed by atoms with E-state index in [9.17, 15) is 4.79 Å². The van der Waals surface area contributed by atoms with Gasteiger partial charge < -0.3 is 16.0 Å². The molecule has 0 aliphatic heterocycles. The lowest BCUT2D eigenvalue weighted by Gasteiger charge is -2.14. The highest BCUT2D eigenvalue weighted by Crippen LogP contribution is 2.06. The van der Waals surface area contributed by atoms with Crippen molar-refractivity contribution in [1.29, 1.82) is 0 Å². The molecule has 0 spiro atoms. The number of aliphatic imine (C=N–C) groups is 1. The van der Waals surface area contributed by atoms with Crippen molar-refractivity contribution in [2.75, 3.05) is 26.2 Å². The third-order valence-corrected chi connectivity index (χ3v) is 2.80. The molecular formula is C13H28N4O. The molecule has 0 unspecified atom stereocenters. The zero-order chi connectivity index (χ0) is 13.8. The lowest BCUT2D eigenvalue weighted by molar-refractivity contribution is -0.118. The second-order valence-electron chi connectivity index (χ2n) is 4.31. The van der Waals surface area contributed by atoms with Crippen LogP contribution in [-0.2, 0) is 4.79 Å². The average Bonchev–Trinajstić information content (AvgIpc) is 2.35. The maximum absolute atomic E-state index is 10.7. The highest BCUT2D eigenvalue weighted by Gasteiger charge is 2.03. The third kappa shape index (κ3) is 8.84. The van der Waals surface area contributed by atoms with Gasteiger partial charge in [-0.1, -0.05) is 26.7 Å². The molecule has 0 radical (unpaired) electrons. The fraction of sp³-hybridized carbons (Fsp3) is 0.846. The molecule has 5 heteroatoms. The van der Waals surface area contributed by atoms with Crippen LogP contribution >= 0.6 is 0 Å². The highest BCUT2D eigenvalue weighted by atomic mass is 16.1. The SMILES string of the molecule is CCNC(=NCC(CC)CC)NCCNC(C)=O. The monoisotopic (exact) mass is 256 g/mol. The molecule has 0 aromatic rings. The van der Waals surface area contributed by atoms with Crippen LogP contribution in [0.5, 0.6) is 0 Å². The van der Waals surface area contributed by atoms with Gasteiger partial charge in [0, 0.05) is 33.1 Å². The molecule has 0 saturated heterocycles. The molecule has 0 bridgehead atoms. The Hall–Kier alpha value is -1.26. The van der Waals surface area contributed by atoms with E-state index in [0.29, 0.717) is 19.0 Å². The summed E-state index contributed by atoms with van der Waals surface area (Å²) in [7, 11) is 0. The van der Waals surface area contributed by atoms with E-state index in [1.54, 1.807) is 0 Å². The summed E-state index contributed by atoms with van der Waals surface area (Å²) >= 11 is 0. The van der Waals surface area contributed by atoms with E-state index < -0.39 is 0 Å². The van der Waals surface area contributed by atoms with Crippen molar-refractivity contribution in [2.24, 2.45) is 10.9 Å². The van der Waals surface area contributed by atoms with Crippen molar-refractivity contribution in [3.63, 3.8) is 0 Å². The van der Waals surface area contributed by atoms with Crippen LogP contribution in [-0.4, -0.2) is 38.0 Å². The first-order valence-corrected chi connectivity index (χ1v) is 6.90. The second-order valence-corrected chi connectivity index (χ2v) is 4.31. The van der Waals surface area contributed by atoms with Crippen molar-refractivity contribution >= 4 is 11.9 Å². The Kier molecular flexibility index (Phi) is 10.1. The molecule has 0 saturated carbocycles. The summed E-state index contributed by atoms with van der Waals surface area (Å²) < 4.78 is 0. The number of rotatable bonds is 8. The minimum absolute atomic E-state index is 0.00392. The molecule has 5 nitrogen and oxygen atoms in total. The number of guanidine groups is 1. The van der Waals surface area contributed by atoms with E-state index >= 15 is 0 Å². The van der Waals surface area contributed by atoms with Gasteiger partial charge in [-0.05, 0) is 12.8 Å². The van der Waals surface area contributed by atoms with Gasteiger partial charge in [-0.3, -0.25) is 9.79 Å². The molecule has 0 aromatic carbocycles. The van der Waals surface area contributed by atoms with Crippen molar-refractivity contribution in [3.8, 4) is 0 Å². The first-order chi connectivity index (χ1) is 8.63. The first-order valence-electron chi connectivity index (χ1n) is 6.90. The quantitative estimate of drug-likeness (QED) is 0.346. The maximum atomic E-state index is 10.7. The summed E-state index contributed by atoms with van der Waals surface area (Å²) in [5.74, 6) is 1.47. The van der Waals surface area contributed by atoms with Crippen LogP contribution < -0.4 is 16.0 Å². The number of hydrogen-bond donors (Lipinski definition) is 3. The number of amides is 1. The zero-order valence-electron chi connectivity index (χ0n) is 12.2. The van der Waals surface area contributed by atoms with Crippen LogP contribution in [0.1, 0.15) is 40.5 Å². The standard InChI is InChI=1S/C13H28N4O/c1-5-12(6-2)10-17-13(14-7-3)16-9-8-15-11(4)18/h12H,5-10H2,1-4H3,(H,15,18)(H2,14,16,17). The lowest BCUT2D eigenvalue weighted by Crippen LogP contribution is -2.41. The smallest absolute Gasteiger partial charge is 0.216 e. The van der Waals surface area contributed by atoms with Crippen LogP contribution in [0.4, 0.5) is 0 Å². The Labute approximate surface area is 111 Å². The largest absolute Gasteiger partial charge is 0.357 e. The molecular weight excluding hydrogens is 228 g/mol. The average molecular weight is 256 g/mol. The topological polar surface area (TPSA) is 65.5 Å². The van der Waals surface area contributed by atoms with Gasteiger partial charge in [-0.25, -0.2) is 0 Å². The lowest BCUT2D eigenvalue weighted by atomic mass is 10.0. The zero-order valence-corrected chi connectivity index (χ0v) is 12.2. The van der Waals surface area contributed by atoms with Gasteiger partial charge in [0.2, 0.25) is 5.91 Å². The van der Waals surface area contributed by atoms with E-state index in [2.05, 4.69) is 34.8 Å². The summed E-state index contributed by atoms with van der Waals surface area (Å²) in [5.41, 5.74) is 0. The maximum Gasteiger partial charge on any atom is 0.216 e. The normalized spacial score (nSPS) is 11.5. The van der Waals surface area contributed by atoms with E-state index in [1.807, 2.05) is 6.92 Å². The minimum atomic E-state index is -0.00392. The molecule has 1 amide bonds. The molecule has 3 N–H and O–H groups in total. The van der Waals surface area contributed by atoms with Gasteiger partial charge in [-0.15, -0.1) is 0 Å². The second kappa shape index (κ2) is 10.9. The van der Waals surface area contributed by atoms with Crippen molar-refractivity contribution < 1.29 is 4.79 Å². The Balaban J connectivity index is 4.03. The van der Waals surface area contributed by atoms with Gasteiger partial charge in [0.15, 0.2) is 5.96 Å². The van der Waals surface area contributed by atoms with E-state index in [-0.39, 0.29) is 5.91 Å². The van der Waals surface area contributed by atoms with Crippen LogP contribution in [0.15, 0.2) is 4.99 Å². The van der Waals surface area contributed by atoms with Gasteiger partial charge in [0.1, 0.15) is 0 Å². The Morgan fingerprint density at radius 3 is 2.17 bits per heavy atom. The summed E-state index contributed by atoms with van der Waals surface area (Å²) in [6.07, 6.45) is 2.32. The molecule has 0 aliphatic rings. The molecule has 0 rings (SSSR count). The molecule has 106 valence electrons. The third-order valence-electron chi connectivity index (χ3n) is 2.80. The number of carbonyl (C=O) groups excluding carboxylic acids is 1. The van der Waals surface area contributed by atoms with Crippen LogP contribution in [0.2, 0.25) is 0 Å². The van der Waals surface area contributed by atoms with Crippen LogP contribution in [0.3, 0.4) is 0 Å². The molecule has 0 fully saturated rings. The number of carbonyl (C=O) groups is 1. The first kappa shape index (κ1) is 16.7. The molecule has 0 atom stereocenters. The highest BCUT2D eigenvalue weighted by molar-refractivity contribution is 5.79. The molecule has 0 aliphatic carbocycles. The summed E-state index contributed by atoms with van der Waals surface area (Å²) in [4.78, 5) is 15.3. The van der Waals surface area contributed by atoms with Crippen LogP contribution in [0, 0.1) is 5.92 Å². The summed E-state index contributed by atoms with van der Waals surface area (Å²) in [6, 6.07) is 0. The van der Waals surface area contributed by atoms with Crippen molar-refractivity contribution in [1.82, 2.24) is 16.0 Å². The summed E-state index contributed by atoms with van der Waals surface area (Å²) in [5, 5.41) is 9.15. The fourth-order valence-corrected chi connectivity index (χ4v) is 1.53. The van der Waals surface area contributed by atoms with E-state index in [1.165, 1.54) is 6.92 Å². The Bertz CT molecular complexity index is 249. The fourth-order valence-electron chi connectivity index (χ4n) is 1.53. The van der Waals surface area contributed by atoms with Gasteiger partial charge in [0.25, 0.3) is 0 Å². The molecule has 18 heavy (non-hydrogen) atoms. The van der Waals surface area contributed by atoms with E-state index in [0.717, 1.165) is 31.9 Å². The Morgan fingerprint density at radius 1 is 1.06 bits per heavy atom. The van der Waals surface area contributed by atoms with E-state index in [4.69, 9.17) is 0 Å². The van der Waals surface area contributed by atoms with Crippen molar-refractivity contribution in [2.45, 2.75) is 40.5 Å². The Morgan fingerprint density at radius 2 is 1.67 bits per heavy atom. The van der Waals surface area contributed by atoms with Crippen LogP contribution in [0.25, 0.3) is 0 Å². The van der Waals surface area contributed by atoms with Gasteiger partial charge in [0.05, 0.1) is 0 Å². The van der Waals surface area contributed by atoms with Crippen molar-refractivity contribution in [3.05, 3.63) is 0 Å². The van der Waals surface area contributed by atoms with Gasteiger partial charge in [-0.2, -0.15) is 0 Å².